The summed E-state index contributed by atoms with van der Waals surface area (Å²) in [7, 11) is 2.11. The van der Waals surface area contributed by atoms with Gasteiger partial charge in [0.25, 0.3) is 5.89 Å². The van der Waals surface area contributed by atoms with E-state index >= 15 is 0 Å². The molecule has 5 rings (SSSR count). The molecule has 0 saturated carbocycles. The van der Waals surface area contributed by atoms with Crippen LogP contribution in [0.25, 0.3) is 11.7 Å². The Labute approximate surface area is 193 Å². The van der Waals surface area contributed by atoms with Crippen LogP contribution in [-0.4, -0.2) is 60.5 Å². The molecule has 2 aliphatic heterocycles. The highest BCUT2D eigenvalue weighted by Crippen LogP contribution is 2.33. The molecular formula is C25H27N5O3. The van der Waals surface area contributed by atoms with Gasteiger partial charge in [-0.1, -0.05) is 30.3 Å². The number of nitrogens with zero attached hydrogens (tertiary/aromatic N) is 5. The van der Waals surface area contributed by atoms with Crippen molar-refractivity contribution in [2.45, 2.75) is 18.9 Å². The molecule has 8 nitrogen and oxygen atoms in total. The molecule has 170 valence electrons. The number of piperidine rings is 1. The molecule has 0 bridgehead atoms. The van der Waals surface area contributed by atoms with Crippen LogP contribution in [0.5, 0.6) is 0 Å². The van der Waals surface area contributed by atoms with Crippen LogP contribution in [0.15, 0.2) is 57.6 Å². The topological polar surface area (TPSA) is 89.8 Å². The normalized spacial score (nSPS) is 20.1. The third-order valence-electron chi connectivity index (χ3n) is 6.63. The second-order valence-electron chi connectivity index (χ2n) is 8.74. The number of rotatable bonds is 4. The fourth-order valence-electron chi connectivity index (χ4n) is 4.81. The minimum absolute atomic E-state index is 0.0335. The molecule has 33 heavy (non-hydrogen) atoms. The molecule has 4 heterocycles. The van der Waals surface area contributed by atoms with E-state index in [2.05, 4.69) is 40.0 Å². The summed E-state index contributed by atoms with van der Waals surface area (Å²) in [6.45, 7) is 3.74. The fourth-order valence-corrected chi connectivity index (χ4v) is 4.81. The van der Waals surface area contributed by atoms with Gasteiger partial charge in [0.05, 0.1) is 12.3 Å². The van der Waals surface area contributed by atoms with E-state index in [1.807, 2.05) is 23.1 Å². The lowest BCUT2D eigenvalue weighted by Gasteiger charge is -2.43. The molecule has 1 atom stereocenters. The summed E-state index contributed by atoms with van der Waals surface area (Å²) >= 11 is 0. The summed E-state index contributed by atoms with van der Waals surface area (Å²) in [5, 5.41) is 9.53. The lowest BCUT2D eigenvalue weighted by molar-refractivity contribution is -0.141. The van der Waals surface area contributed by atoms with Crippen molar-refractivity contribution in [1.29, 1.82) is 5.26 Å². The molecule has 1 unspecified atom stereocenters. The minimum atomic E-state index is -0.0335. The number of hydrogen-bond donors (Lipinski definition) is 0. The van der Waals surface area contributed by atoms with Gasteiger partial charge in [0.2, 0.25) is 17.5 Å². The maximum atomic E-state index is 13.6. The van der Waals surface area contributed by atoms with Gasteiger partial charge >= 0.3 is 0 Å². The lowest BCUT2D eigenvalue weighted by Crippen LogP contribution is -2.52. The summed E-state index contributed by atoms with van der Waals surface area (Å²) < 4.78 is 11.2. The lowest BCUT2D eigenvalue weighted by atomic mass is 9.93. The first-order valence-corrected chi connectivity index (χ1v) is 11.4. The van der Waals surface area contributed by atoms with Gasteiger partial charge in [-0.15, -0.1) is 0 Å². The van der Waals surface area contributed by atoms with Gasteiger partial charge < -0.3 is 23.5 Å². The van der Waals surface area contributed by atoms with E-state index in [4.69, 9.17) is 8.83 Å². The third-order valence-corrected chi connectivity index (χ3v) is 6.63. The number of hydrogen-bond acceptors (Lipinski definition) is 7. The zero-order valence-corrected chi connectivity index (χ0v) is 18.7. The number of aromatic nitrogens is 1. The van der Waals surface area contributed by atoms with Gasteiger partial charge in [-0.25, -0.2) is 0 Å². The predicted octanol–water partition coefficient (Wildman–Crippen LogP) is 3.54. The molecule has 2 aromatic heterocycles. The first kappa shape index (κ1) is 21.3. The summed E-state index contributed by atoms with van der Waals surface area (Å²) in [6, 6.07) is 16.0. The predicted molar refractivity (Wildman–Crippen MR) is 122 cm³/mol. The van der Waals surface area contributed by atoms with Crippen molar-refractivity contribution in [3.05, 3.63) is 60.0 Å². The van der Waals surface area contributed by atoms with E-state index in [9.17, 15) is 10.1 Å². The number of oxazole rings is 1. The Balaban J connectivity index is 1.28. The van der Waals surface area contributed by atoms with E-state index in [0.29, 0.717) is 43.5 Å². The monoisotopic (exact) mass is 445 g/mol. The van der Waals surface area contributed by atoms with E-state index < -0.39 is 0 Å². The molecule has 2 saturated heterocycles. The summed E-state index contributed by atoms with van der Waals surface area (Å²) in [5.74, 6) is 1.44. The van der Waals surface area contributed by atoms with Crippen LogP contribution >= 0.6 is 0 Å². The summed E-state index contributed by atoms with van der Waals surface area (Å²) in [5.41, 5.74) is 1.43. The van der Waals surface area contributed by atoms with Gasteiger partial charge in [-0.05, 0) is 37.6 Å². The molecule has 3 aromatic rings. The molecule has 0 radical (unpaired) electrons. The Morgan fingerprint density at radius 2 is 1.88 bits per heavy atom. The molecule has 0 aliphatic carbocycles. The largest absolute Gasteiger partial charge is 0.459 e. The molecule has 0 spiro atoms. The maximum absolute atomic E-state index is 13.6. The van der Waals surface area contributed by atoms with E-state index in [1.54, 1.807) is 18.4 Å². The number of nitriles is 1. The molecule has 0 N–H and O–H groups in total. The van der Waals surface area contributed by atoms with Crippen LogP contribution in [0.2, 0.25) is 0 Å². The Morgan fingerprint density at radius 1 is 1.09 bits per heavy atom. The first-order chi connectivity index (χ1) is 16.1. The number of carbonyl (C=O) groups is 1. The van der Waals surface area contributed by atoms with E-state index in [1.165, 1.54) is 5.56 Å². The number of piperazine rings is 1. The van der Waals surface area contributed by atoms with Crippen LogP contribution < -0.4 is 4.90 Å². The molecule has 2 aliphatic rings. The van der Waals surface area contributed by atoms with Crippen LogP contribution in [0.1, 0.15) is 30.1 Å². The summed E-state index contributed by atoms with van der Waals surface area (Å²) in [6.07, 6.45) is 2.98. The summed E-state index contributed by atoms with van der Waals surface area (Å²) in [4.78, 5) is 24.2. The Kier molecular flexibility index (Phi) is 5.88. The van der Waals surface area contributed by atoms with Crippen molar-refractivity contribution in [3.63, 3.8) is 0 Å². The van der Waals surface area contributed by atoms with Gasteiger partial charge in [0, 0.05) is 38.6 Å². The number of amides is 1. The van der Waals surface area contributed by atoms with Crippen LogP contribution in [0.4, 0.5) is 5.88 Å². The molecule has 1 amide bonds. The highest BCUT2D eigenvalue weighted by atomic mass is 16.4. The van der Waals surface area contributed by atoms with Gasteiger partial charge in [0.1, 0.15) is 6.07 Å². The van der Waals surface area contributed by atoms with Gasteiger partial charge in [-0.3, -0.25) is 4.79 Å². The first-order valence-electron chi connectivity index (χ1n) is 11.4. The molecule has 8 heteroatoms. The Morgan fingerprint density at radius 3 is 2.58 bits per heavy atom. The van der Waals surface area contributed by atoms with E-state index in [-0.39, 0.29) is 23.6 Å². The van der Waals surface area contributed by atoms with Crippen molar-refractivity contribution >= 4 is 11.8 Å². The quantitative estimate of drug-likeness (QED) is 0.607. The average Bonchev–Trinajstić information content (AvgIpc) is 3.54. The van der Waals surface area contributed by atoms with Crippen LogP contribution in [-0.2, 0) is 4.79 Å². The average molecular weight is 446 g/mol. The Bertz CT molecular complexity index is 1130. The zero-order chi connectivity index (χ0) is 22.8. The van der Waals surface area contributed by atoms with Gasteiger partial charge in [0.15, 0.2) is 5.76 Å². The second kappa shape index (κ2) is 9.12. The SMILES string of the molecule is CN1CCN(C(=O)C2CCN(c3oc(-c4ccco4)nc3C#N)CC2)C(c2ccccc2)C1. The number of benzene rings is 1. The van der Waals surface area contributed by atoms with Crippen molar-refractivity contribution in [3.8, 4) is 17.7 Å². The van der Waals surface area contributed by atoms with Crippen LogP contribution in [0.3, 0.4) is 0 Å². The molecule has 2 fully saturated rings. The number of furan rings is 1. The smallest absolute Gasteiger partial charge is 0.266 e. The van der Waals surface area contributed by atoms with Crippen molar-refractivity contribution in [2.24, 2.45) is 5.92 Å². The highest BCUT2D eigenvalue weighted by Gasteiger charge is 2.36. The highest BCUT2D eigenvalue weighted by molar-refractivity contribution is 5.80. The van der Waals surface area contributed by atoms with Gasteiger partial charge in [-0.2, -0.15) is 10.2 Å². The Hall–Kier alpha value is -3.57. The van der Waals surface area contributed by atoms with Crippen molar-refractivity contribution < 1.29 is 13.6 Å². The van der Waals surface area contributed by atoms with Crippen LogP contribution in [0, 0.1) is 17.2 Å². The third kappa shape index (κ3) is 4.24. The fraction of sp³-hybridized carbons (Fsp3) is 0.400. The number of likely N-dealkylation sites (N-methyl/N-ethyl adjacent to an activating group) is 1. The zero-order valence-electron chi connectivity index (χ0n) is 18.7. The molecule has 1 aromatic carbocycles. The minimum Gasteiger partial charge on any atom is -0.459 e. The van der Waals surface area contributed by atoms with Crippen molar-refractivity contribution in [2.75, 3.05) is 44.7 Å². The second-order valence-corrected chi connectivity index (χ2v) is 8.74. The van der Waals surface area contributed by atoms with Crippen molar-refractivity contribution in [1.82, 2.24) is 14.8 Å². The standard InChI is InChI=1S/C25H27N5O3/c1-28-13-14-30(21(17-28)18-6-3-2-4-7-18)24(31)19-9-11-29(12-10-19)25-20(16-26)27-23(33-25)22-8-5-15-32-22/h2-8,15,19,21H,9-14,17H2,1H3. The van der Waals surface area contributed by atoms with E-state index in [0.717, 1.165) is 19.6 Å². The molecular weight excluding hydrogens is 418 g/mol. The number of carbonyl (C=O) groups excluding carboxylic acids is 1. The maximum Gasteiger partial charge on any atom is 0.266 e. The number of anilines is 1.